The fourth-order valence-electron chi connectivity index (χ4n) is 2.69. The molecule has 0 saturated carbocycles. The molecule has 1 atom stereocenters. The molecule has 0 radical (unpaired) electrons. The Labute approximate surface area is 118 Å². The van der Waals surface area contributed by atoms with E-state index in [1.165, 1.54) is 24.0 Å². The number of nitrogens with one attached hydrogen (secondary N) is 1. The van der Waals surface area contributed by atoms with Gasteiger partial charge in [0.1, 0.15) is 5.76 Å². The van der Waals surface area contributed by atoms with Crippen molar-refractivity contribution in [2.24, 2.45) is 0 Å². The molecule has 3 heteroatoms. The van der Waals surface area contributed by atoms with Crippen molar-refractivity contribution in [3.8, 4) is 0 Å². The zero-order valence-electron chi connectivity index (χ0n) is 11.1. The zero-order valence-corrected chi connectivity index (χ0v) is 11.8. The van der Waals surface area contributed by atoms with Crippen molar-refractivity contribution in [1.82, 2.24) is 5.32 Å². The predicted molar refractivity (Wildman–Crippen MR) is 77.4 cm³/mol. The Morgan fingerprint density at radius 1 is 1.37 bits per heavy atom. The molecule has 1 N–H and O–H groups in total. The van der Waals surface area contributed by atoms with Gasteiger partial charge in [0.2, 0.25) is 0 Å². The molecule has 1 unspecified atom stereocenters. The average molecular weight is 276 g/mol. The molecule has 0 spiro atoms. The van der Waals surface area contributed by atoms with Crippen LogP contribution in [0.25, 0.3) is 0 Å². The zero-order chi connectivity index (χ0) is 13.2. The standard InChI is InChI=1S/C16H18ClNO/c1-11-5-6-12(9-14(11)17)10-18-15-3-2-4-16-13(15)7-8-19-16/h5-9,15,18H,2-4,10H2,1H3. The maximum atomic E-state index is 6.16. The summed E-state index contributed by atoms with van der Waals surface area (Å²) >= 11 is 6.16. The lowest BCUT2D eigenvalue weighted by molar-refractivity contribution is 0.411. The van der Waals surface area contributed by atoms with Crippen molar-refractivity contribution in [3.05, 3.63) is 58.0 Å². The van der Waals surface area contributed by atoms with E-state index in [2.05, 4.69) is 23.5 Å². The van der Waals surface area contributed by atoms with Gasteiger partial charge in [-0.3, -0.25) is 0 Å². The number of benzene rings is 1. The molecule has 1 aromatic heterocycles. The second-order valence-electron chi connectivity index (χ2n) is 5.21. The van der Waals surface area contributed by atoms with Crippen molar-refractivity contribution in [2.75, 3.05) is 0 Å². The molecule has 3 rings (SSSR count). The predicted octanol–water partition coefficient (Wildman–Crippen LogP) is 4.41. The van der Waals surface area contributed by atoms with Gasteiger partial charge in [-0.1, -0.05) is 23.7 Å². The fourth-order valence-corrected chi connectivity index (χ4v) is 2.89. The summed E-state index contributed by atoms with van der Waals surface area (Å²) in [6, 6.07) is 8.75. The van der Waals surface area contributed by atoms with E-state index in [1.807, 2.05) is 13.0 Å². The van der Waals surface area contributed by atoms with Crippen molar-refractivity contribution < 1.29 is 4.42 Å². The molecule has 0 amide bonds. The topological polar surface area (TPSA) is 25.2 Å². The fraction of sp³-hybridized carbons (Fsp3) is 0.375. The van der Waals surface area contributed by atoms with Crippen LogP contribution in [-0.4, -0.2) is 0 Å². The Morgan fingerprint density at radius 2 is 2.26 bits per heavy atom. The summed E-state index contributed by atoms with van der Waals surface area (Å²) in [5.41, 5.74) is 3.68. The molecule has 0 saturated heterocycles. The van der Waals surface area contributed by atoms with E-state index in [-0.39, 0.29) is 0 Å². The van der Waals surface area contributed by atoms with Crippen molar-refractivity contribution in [3.63, 3.8) is 0 Å². The first-order valence-corrected chi connectivity index (χ1v) is 7.16. The van der Waals surface area contributed by atoms with Gasteiger partial charge < -0.3 is 9.73 Å². The summed E-state index contributed by atoms with van der Waals surface area (Å²) in [6.45, 7) is 2.87. The molecule has 1 aliphatic carbocycles. The molecular weight excluding hydrogens is 258 g/mol. The van der Waals surface area contributed by atoms with Crippen LogP contribution in [0.4, 0.5) is 0 Å². The van der Waals surface area contributed by atoms with Crippen molar-refractivity contribution in [1.29, 1.82) is 0 Å². The summed E-state index contributed by atoms with van der Waals surface area (Å²) in [5, 5.41) is 4.45. The highest BCUT2D eigenvalue weighted by atomic mass is 35.5. The molecule has 1 aliphatic rings. The smallest absolute Gasteiger partial charge is 0.108 e. The third-order valence-corrected chi connectivity index (χ3v) is 4.25. The van der Waals surface area contributed by atoms with Crippen LogP contribution in [0, 0.1) is 6.92 Å². The van der Waals surface area contributed by atoms with Gasteiger partial charge in [0.15, 0.2) is 0 Å². The van der Waals surface area contributed by atoms with Crippen LogP contribution in [-0.2, 0) is 13.0 Å². The van der Waals surface area contributed by atoms with Crippen LogP contribution in [0.15, 0.2) is 34.9 Å². The second-order valence-corrected chi connectivity index (χ2v) is 5.62. The first-order chi connectivity index (χ1) is 9.24. The first kappa shape index (κ1) is 12.8. The number of hydrogen-bond acceptors (Lipinski definition) is 2. The highest BCUT2D eigenvalue weighted by Crippen LogP contribution is 2.30. The van der Waals surface area contributed by atoms with E-state index < -0.39 is 0 Å². The van der Waals surface area contributed by atoms with Gasteiger partial charge in [0.25, 0.3) is 0 Å². The molecule has 100 valence electrons. The lowest BCUT2D eigenvalue weighted by Gasteiger charge is -2.23. The third-order valence-electron chi connectivity index (χ3n) is 3.84. The number of aryl methyl sites for hydroxylation is 2. The van der Waals surface area contributed by atoms with Crippen LogP contribution in [0.3, 0.4) is 0 Å². The van der Waals surface area contributed by atoms with Gasteiger partial charge in [-0.25, -0.2) is 0 Å². The Bertz CT molecular complexity index is 576. The lowest BCUT2D eigenvalue weighted by Crippen LogP contribution is -2.24. The number of halogens is 1. The van der Waals surface area contributed by atoms with E-state index in [4.69, 9.17) is 16.0 Å². The summed E-state index contributed by atoms with van der Waals surface area (Å²) in [5.74, 6) is 1.14. The Kier molecular flexibility index (Phi) is 3.63. The molecule has 19 heavy (non-hydrogen) atoms. The Hall–Kier alpha value is -1.25. The minimum atomic E-state index is 0.405. The van der Waals surface area contributed by atoms with E-state index >= 15 is 0 Å². The molecule has 1 heterocycles. The summed E-state index contributed by atoms with van der Waals surface area (Å²) in [4.78, 5) is 0. The van der Waals surface area contributed by atoms with Crippen LogP contribution >= 0.6 is 11.6 Å². The molecule has 2 nitrogen and oxygen atoms in total. The van der Waals surface area contributed by atoms with E-state index in [0.29, 0.717) is 6.04 Å². The number of hydrogen-bond donors (Lipinski definition) is 1. The van der Waals surface area contributed by atoms with Crippen LogP contribution in [0.2, 0.25) is 5.02 Å². The van der Waals surface area contributed by atoms with E-state index in [9.17, 15) is 0 Å². The van der Waals surface area contributed by atoms with Crippen molar-refractivity contribution in [2.45, 2.75) is 38.8 Å². The largest absolute Gasteiger partial charge is 0.469 e. The molecule has 0 aliphatic heterocycles. The number of rotatable bonds is 3. The van der Waals surface area contributed by atoms with Crippen LogP contribution < -0.4 is 5.32 Å². The quantitative estimate of drug-likeness (QED) is 0.898. The summed E-state index contributed by atoms with van der Waals surface area (Å²) < 4.78 is 5.51. The van der Waals surface area contributed by atoms with Crippen LogP contribution in [0.5, 0.6) is 0 Å². The van der Waals surface area contributed by atoms with E-state index in [1.54, 1.807) is 6.26 Å². The Morgan fingerprint density at radius 3 is 3.11 bits per heavy atom. The normalized spacial score (nSPS) is 18.3. The molecule has 1 aromatic carbocycles. The van der Waals surface area contributed by atoms with Gasteiger partial charge >= 0.3 is 0 Å². The van der Waals surface area contributed by atoms with Gasteiger partial charge in [0.05, 0.1) is 6.26 Å². The highest BCUT2D eigenvalue weighted by Gasteiger charge is 2.21. The molecular formula is C16H18ClNO. The van der Waals surface area contributed by atoms with Gasteiger partial charge in [-0.15, -0.1) is 0 Å². The minimum Gasteiger partial charge on any atom is -0.469 e. The monoisotopic (exact) mass is 275 g/mol. The van der Waals surface area contributed by atoms with Gasteiger partial charge in [0, 0.05) is 29.6 Å². The van der Waals surface area contributed by atoms with Gasteiger partial charge in [-0.2, -0.15) is 0 Å². The van der Waals surface area contributed by atoms with Crippen molar-refractivity contribution >= 4 is 11.6 Å². The molecule has 0 fully saturated rings. The number of fused-ring (bicyclic) bond motifs is 1. The lowest BCUT2D eigenvalue weighted by atomic mass is 9.93. The molecule has 0 bridgehead atoms. The number of furan rings is 1. The van der Waals surface area contributed by atoms with Crippen LogP contribution in [0.1, 0.15) is 41.3 Å². The summed E-state index contributed by atoms with van der Waals surface area (Å²) in [6.07, 6.45) is 5.23. The highest BCUT2D eigenvalue weighted by molar-refractivity contribution is 6.31. The maximum Gasteiger partial charge on any atom is 0.108 e. The van der Waals surface area contributed by atoms with Gasteiger partial charge in [-0.05, 0) is 43.0 Å². The summed E-state index contributed by atoms with van der Waals surface area (Å²) in [7, 11) is 0. The third kappa shape index (κ3) is 2.70. The second kappa shape index (κ2) is 5.40. The minimum absolute atomic E-state index is 0.405. The SMILES string of the molecule is Cc1ccc(CNC2CCCc3occc32)cc1Cl. The first-order valence-electron chi connectivity index (χ1n) is 6.79. The average Bonchev–Trinajstić information content (AvgIpc) is 2.89. The Balaban J connectivity index is 1.69. The maximum absolute atomic E-state index is 6.16. The van der Waals surface area contributed by atoms with E-state index in [0.717, 1.165) is 29.3 Å². The molecule has 2 aromatic rings.